The number of nitrogens with one attached hydrogen (secondary N) is 2. The van der Waals surface area contributed by atoms with Gasteiger partial charge in [0.15, 0.2) is 0 Å². The van der Waals surface area contributed by atoms with Crippen LogP contribution in [0.5, 0.6) is 0 Å². The van der Waals surface area contributed by atoms with E-state index in [0.717, 1.165) is 31.7 Å². The Morgan fingerprint density at radius 1 is 1.33 bits per heavy atom. The van der Waals surface area contributed by atoms with Gasteiger partial charge in [-0.15, -0.1) is 0 Å². The predicted octanol–water partition coefficient (Wildman–Crippen LogP) is 2.55. The highest BCUT2D eigenvalue weighted by Crippen LogP contribution is 2.24. The van der Waals surface area contributed by atoms with E-state index >= 15 is 0 Å². The van der Waals surface area contributed by atoms with E-state index in [0.29, 0.717) is 16.1 Å². The van der Waals surface area contributed by atoms with Crippen molar-refractivity contribution in [3.8, 4) is 0 Å². The first-order chi connectivity index (χ1) is 7.25. The molecule has 1 saturated heterocycles. The summed E-state index contributed by atoms with van der Waals surface area (Å²) in [4.78, 5) is 4.18. The summed E-state index contributed by atoms with van der Waals surface area (Å²) in [5, 5.41) is 7.79. The Morgan fingerprint density at radius 2 is 2.07 bits per heavy atom. The fourth-order valence-corrected chi connectivity index (χ4v) is 2.12. The van der Waals surface area contributed by atoms with Crippen LogP contribution in [0.25, 0.3) is 0 Å². The van der Waals surface area contributed by atoms with Crippen molar-refractivity contribution in [1.29, 1.82) is 0 Å². The lowest BCUT2D eigenvalue weighted by atomic mass is 10.1. The molecule has 0 spiro atoms. The van der Waals surface area contributed by atoms with Crippen molar-refractivity contribution in [3.63, 3.8) is 0 Å². The van der Waals surface area contributed by atoms with E-state index < -0.39 is 0 Å². The zero-order chi connectivity index (χ0) is 10.7. The van der Waals surface area contributed by atoms with Crippen LogP contribution in [0.4, 0.5) is 5.82 Å². The number of rotatable bonds is 2. The highest BCUT2D eigenvalue weighted by molar-refractivity contribution is 6.35. The third-order valence-electron chi connectivity index (χ3n) is 2.49. The first-order valence-electron chi connectivity index (χ1n) is 5.04. The highest BCUT2D eigenvalue weighted by atomic mass is 35.5. The van der Waals surface area contributed by atoms with E-state index in [2.05, 4.69) is 15.6 Å². The summed E-state index contributed by atoms with van der Waals surface area (Å²) >= 11 is 11.8. The molecule has 1 aromatic rings. The molecule has 0 bridgehead atoms. The number of anilines is 1. The van der Waals surface area contributed by atoms with Crippen LogP contribution in [0, 0.1) is 0 Å². The lowest BCUT2D eigenvalue weighted by Gasteiger charge is -2.24. The van der Waals surface area contributed by atoms with Gasteiger partial charge < -0.3 is 10.6 Å². The summed E-state index contributed by atoms with van der Waals surface area (Å²) in [6.45, 7) is 2.09. The van der Waals surface area contributed by atoms with Gasteiger partial charge in [-0.25, -0.2) is 4.98 Å². The largest absolute Gasteiger partial charge is 0.366 e. The molecule has 1 aromatic heterocycles. The lowest BCUT2D eigenvalue weighted by Crippen LogP contribution is -2.35. The summed E-state index contributed by atoms with van der Waals surface area (Å²) in [6, 6.07) is 2.16. The predicted molar refractivity (Wildman–Crippen MR) is 63.8 cm³/mol. The second-order valence-corrected chi connectivity index (χ2v) is 4.50. The third-order valence-corrected chi connectivity index (χ3v) is 2.98. The SMILES string of the molecule is Clc1cnc(NC2CCNCC2)c(Cl)c1. The maximum atomic E-state index is 6.02. The minimum Gasteiger partial charge on any atom is -0.366 e. The van der Waals surface area contributed by atoms with Gasteiger partial charge >= 0.3 is 0 Å². The Kier molecular flexibility index (Phi) is 3.67. The molecule has 0 aromatic carbocycles. The first-order valence-corrected chi connectivity index (χ1v) is 5.79. The number of pyridine rings is 1. The van der Waals surface area contributed by atoms with Crippen LogP contribution in [0.15, 0.2) is 12.3 Å². The minimum absolute atomic E-state index is 0.456. The molecule has 5 heteroatoms. The molecular formula is C10H13Cl2N3. The zero-order valence-corrected chi connectivity index (χ0v) is 9.78. The van der Waals surface area contributed by atoms with Gasteiger partial charge in [0.2, 0.25) is 0 Å². The molecule has 2 heterocycles. The van der Waals surface area contributed by atoms with Crippen molar-refractivity contribution in [3.05, 3.63) is 22.3 Å². The zero-order valence-electron chi connectivity index (χ0n) is 8.26. The van der Waals surface area contributed by atoms with Crippen molar-refractivity contribution in [2.75, 3.05) is 18.4 Å². The Bertz CT molecular complexity index is 337. The van der Waals surface area contributed by atoms with Gasteiger partial charge in [0.25, 0.3) is 0 Å². The molecule has 1 aliphatic rings. The maximum Gasteiger partial charge on any atom is 0.145 e. The van der Waals surface area contributed by atoms with E-state index in [9.17, 15) is 0 Å². The maximum absolute atomic E-state index is 6.02. The van der Waals surface area contributed by atoms with Crippen molar-refractivity contribution < 1.29 is 0 Å². The van der Waals surface area contributed by atoms with Gasteiger partial charge in [-0.3, -0.25) is 0 Å². The van der Waals surface area contributed by atoms with Crippen molar-refractivity contribution >= 4 is 29.0 Å². The van der Waals surface area contributed by atoms with Gasteiger partial charge in [0.1, 0.15) is 5.82 Å². The Balaban J connectivity index is 2.03. The molecule has 0 aliphatic carbocycles. The van der Waals surface area contributed by atoms with Crippen LogP contribution in [0.1, 0.15) is 12.8 Å². The number of hydrogen-bond donors (Lipinski definition) is 2. The van der Waals surface area contributed by atoms with Crippen molar-refractivity contribution in [2.24, 2.45) is 0 Å². The molecular weight excluding hydrogens is 233 g/mol. The van der Waals surface area contributed by atoms with E-state index in [-0.39, 0.29) is 0 Å². The fraction of sp³-hybridized carbons (Fsp3) is 0.500. The standard InChI is InChI=1S/C10H13Cl2N3/c11-7-5-9(12)10(14-6-7)15-8-1-3-13-4-2-8/h5-6,8,13H,1-4H2,(H,14,15). The smallest absolute Gasteiger partial charge is 0.145 e. The van der Waals surface area contributed by atoms with Crippen LogP contribution < -0.4 is 10.6 Å². The average Bonchev–Trinajstić information content (AvgIpc) is 2.24. The fourth-order valence-electron chi connectivity index (χ4n) is 1.68. The quantitative estimate of drug-likeness (QED) is 0.842. The van der Waals surface area contributed by atoms with E-state index in [4.69, 9.17) is 23.2 Å². The Hall–Kier alpha value is -0.510. The third kappa shape index (κ3) is 2.97. The normalized spacial score (nSPS) is 17.7. The van der Waals surface area contributed by atoms with Crippen LogP contribution in [-0.2, 0) is 0 Å². The van der Waals surface area contributed by atoms with Crippen LogP contribution >= 0.6 is 23.2 Å². The van der Waals surface area contributed by atoms with Crippen LogP contribution in [0.2, 0.25) is 10.0 Å². The highest BCUT2D eigenvalue weighted by Gasteiger charge is 2.14. The molecule has 1 fully saturated rings. The summed E-state index contributed by atoms with van der Waals surface area (Å²) in [5.74, 6) is 0.730. The Labute approximate surface area is 99.2 Å². The van der Waals surface area contributed by atoms with Crippen molar-refractivity contribution in [1.82, 2.24) is 10.3 Å². The topological polar surface area (TPSA) is 37.0 Å². The molecule has 15 heavy (non-hydrogen) atoms. The van der Waals surface area contributed by atoms with E-state index in [1.165, 1.54) is 0 Å². The Morgan fingerprint density at radius 3 is 2.73 bits per heavy atom. The summed E-state index contributed by atoms with van der Waals surface area (Å²) in [5.41, 5.74) is 0. The molecule has 0 radical (unpaired) electrons. The van der Waals surface area contributed by atoms with Crippen LogP contribution in [0.3, 0.4) is 0 Å². The molecule has 1 aliphatic heterocycles. The van der Waals surface area contributed by atoms with E-state index in [1.54, 1.807) is 12.3 Å². The van der Waals surface area contributed by atoms with Crippen LogP contribution in [-0.4, -0.2) is 24.1 Å². The summed E-state index contributed by atoms with van der Waals surface area (Å²) in [7, 11) is 0. The van der Waals surface area contributed by atoms with Gasteiger partial charge in [-0.2, -0.15) is 0 Å². The lowest BCUT2D eigenvalue weighted by molar-refractivity contribution is 0.478. The number of aromatic nitrogens is 1. The van der Waals surface area contributed by atoms with Gasteiger partial charge in [-0.1, -0.05) is 23.2 Å². The molecule has 2 rings (SSSR count). The second kappa shape index (κ2) is 5.01. The molecule has 0 saturated carbocycles. The number of piperidine rings is 1. The van der Waals surface area contributed by atoms with Crippen molar-refractivity contribution in [2.45, 2.75) is 18.9 Å². The summed E-state index contributed by atoms with van der Waals surface area (Å²) < 4.78 is 0. The average molecular weight is 246 g/mol. The second-order valence-electron chi connectivity index (χ2n) is 3.65. The molecule has 0 unspecified atom stereocenters. The number of halogens is 2. The molecule has 0 amide bonds. The van der Waals surface area contributed by atoms with Gasteiger partial charge in [0, 0.05) is 12.2 Å². The summed E-state index contributed by atoms with van der Waals surface area (Å²) in [6.07, 6.45) is 3.80. The first kappa shape index (κ1) is 11.0. The molecule has 0 atom stereocenters. The molecule has 3 nitrogen and oxygen atoms in total. The number of hydrogen-bond acceptors (Lipinski definition) is 3. The monoisotopic (exact) mass is 245 g/mol. The van der Waals surface area contributed by atoms with Gasteiger partial charge in [-0.05, 0) is 32.0 Å². The molecule has 82 valence electrons. The number of nitrogens with zero attached hydrogens (tertiary/aromatic N) is 1. The van der Waals surface area contributed by atoms with E-state index in [1.807, 2.05) is 0 Å². The minimum atomic E-state index is 0.456. The van der Waals surface area contributed by atoms with Gasteiger partial charge in [0.05, 0.1) is 10.0 Å². The molecule has 2 N–H and O–H groups in total.